The molecule has 152 valence electrons. The van der Waals surface area contributed by atoms with E-state index in [-0.39, 0.29) is 17.2 Å². The van der Waals surface area contributed by atoms with E-state index in [1.165, 1.54) is 23.1 Å². The minimum absolute atomic E-state index is 0.0779. The molecule has 1 fully saturated rings. The fourth-order valence-electron chi connectivity index (χ4n) is 3.91. The van der Waals surface area contributed by atoms with Crippen molar-refractivity contribution < 1.29 is 4.79 Å². The average molecular weight is 429 g/mol. The zero-order chi connectivity index (χ0) is 20.4. The summed E-state index contributed by atoms with van der Waals surface area (Å²) in [5, 5.41) is 2.44. The van der Waals surface area contributed by atoms with E-state index in [4.69, 9.17) is 0 Å². The summed E-state index contributed by atoms with van der Waals surface area (Å²) >= 11 is 2.73. The Hall–Kier alpha value is -2.19. The van der Waals surface area contributed by atoms with E-state index in [1.807, 2.05) is 34.5 Å². The fraction of sp³-hybridized carbons (Fsp3) is 0.429. The van der Waals surface area contributed by atoms with Crippen molar-refractivity contribution in [2.75, 3.05) is 18.8 Å². The zero-order valence-electron chi connectivity index (χ0n) is 16.6. The van der Waals surface area contributed by atoms with Gasteiger partial charge in [-0.3, -0.25) is 19.1 Å². The van der Waals surface area contributed by atoms with Crippen LogP contribution in [-0.4, -0.2) is 44.2 Å². The first-order chi connectivity index (χ1) is 14.0. The molecule has 0 aromatic carbocycles. The Morgan fingerprint density at radius 1 is 1.24 bits per heavy atom. The first-order valence-electron chi connectivity index (χ1n) is 9.79. The maximum absolute atomic E-state index is 13.0. The van der Waals surface area contributed by atoms with Crippen molar-refractivity contribution in [3.63, 3.8) is 0 Å². The third kappa shape index (κ3) is 4.53. The highest BCUT2D eigenvalue weighted by Gasteiger charge is 2.25. The van der Waals surface area contributed by atoms with Crippen molar-refractivity contribution in [3.8, 4) is 0 Å². The van der Waals surface area contributed by atoms with Gasteiger partial charge in [-0.15, -0.1) is 11.3 Å². The van der Waals surface area contributed by atoms with E-state index in [2.05, 4.69) is 23.8 Å². The summed E-state index contributed by atoms with van der Waals surface area (Å²) < 4.78 is 2.27. The van der Waals surface area contributed by atoms with Gasteiger partial charge in [0.25, 0.3) is 5.56 Å². The van der Waals surface area contributed by atoms with Gasteiger partial charge in [0, 0.05) is 19.3 Å². The van der Waals surface area contributed by atoms with Crippen LogP contribution in [0.3, 0.4) is 0 Å². The number of rotatable bonds is 5. The molecule has 1 amide bonds. The number of piperidine rings is 1. The Labute approximate surface area is 178 Å². The van der Waals surface area contributed by atoms with Gasteiger partial charge in [0.1, 0.15) is 4.70 Å². The van der Waals surface area contributed by atoms with Crippen molar-refractivity contribution in [2.24, 2.45) is 11.8 Å². The predicted octanol–water partition coefficient (Wildman–Crippen LogP) is 3.50. The minimum Gasteiger partial charge on any atom is -0.341 e. The number of carbonyl (C=O) groups excluding carboxylic acids is 1. The standard InChI is InChI=1S/C21H24N4O2S2/c1-14-9-15(2)11-24(10-14)18(26)13-29-21-23-17-6-8-28-19(17)20(27)25(21)12-16-5-3-4-7-22-16/h3-8,14-15H,9-13H2,1-2H3/t14-,15-/m1/s1. The third-order valence-electron chi connectivity index (χ3n) is 5.12. The number of thiophene rings is 1. The second-order valence-electron chi connectivity index (χ2n) is 7.78. The van der Waals surface area contributed by atoms with Crippen LogP contribution >= 0.6 is 23.1 Å². The second kappa shape index (κ2) is 8.67. The first-order valence-corrected chi connectivity index (χ1v) is 11.7. The molecule has 8 heteroatoms. The molecule has 0 N–H and O–H groups in total. The van der Waals surface area contributed by atoms with Crippen LogP contribution in [0.25, 0.3) is 10.2 Å². The van der Waals surface area contributed by atoms with Crippen LogP contribution in [0.2, 0.25) is 0 Å². The Morgan fingerprint density at radius 2 is 2.03 bits per heavy atom. The predicted molar refractivity (Wildman–Crippen MR) is 117 cm³/mol. The molecule has 0 bridgehead atoms. The second-order valence-corrected chi connectivity index (χ2v) is 9.63. The number of pyridine rings is 1. The summed E-state index contributed by atoms with van der Waals surface area (Å²) in [5.41, 5.74) is 1.40. The number of thioether (sulfide) groups is 1. The van der Waals surface area contributed by atoms with Gasteiger partial charge in [-0.2, -0.15) is 0 Å². The van der Waals surface area contributed by atoms with Crippen molar-refractivity contribution in [1.29, 1.82) is 0 Å². The molecule has 1 aliphatic heterocycles. The SMILES string of the molecule is C[C@@H]1C[C@@H](C)CN(C(=O)CSc2nc3ccsc3c(=O)n2Cc2ccccn2)C1. The van der Waals surface area contributed by atoms with E-state index in [9.17, 15) is 9.59 Å². The summed E-state index contributed by atoms with van der Waals surface area (Å²) in [5.74, 6) is 1.44. The van der Waals surface area contributed by atoms with Gasteiger partial charge in [-0.25, -0.2) is 4.98 Å². The Bertz CT molecular complexity index is 1050. The molecule has 29 heavy (non-hydrogen) atoms. The van der Waals surface area contributed by atoms with Crippen LogP contribution in [0.5, 0.6) is 0 Å². The van der Waals surface area contributed by atoms with Crippen LogP contribution in [0.4, 0.5) is 0 Å². The maximum Gasteiger partial charge on any atom is 0.272 e. The molecule has 3 aromatic rings. The van der Waals surface area contributed by atoms with Gasteiger partial charge in [-0.05, 0) is 41.8 Å². The third-order valence-corrected chi connectivity index (χ3v) is 6.98. The minimum atomic E-state index is -0.0779. The molecule has 2 atom stereocenters. The van der Waals surface area contributed by atoms with E-state index in [0.717, 1.165) is 25.2 Å². The number of nitrogens with zero attached hydrogens (tertiary/aromatic N) is 4. The summed E-state index contributed by atoms with van der Waals surface area (Å²) in [4.78, 5) is 36.8. The molecule has 1 aliphatic rings. The number of hydrogen-bond acceptors (Lipinski definition) is 6. The molecule has 0 saturated carbocycles. The zero-order valence-corrected chi connectivity index (χ0v) is 18.2. The molecule has 4 rings (SSSR count). The van der Waals surface area contributed by atoms with E-state index in [0.29, 0.717) is 33.8 Å². The molecular weight excluding hydrogens is 404 g/mol. The molecule has 0 aliphatic carbocycles. The molecule has 0 spiro atoms. The van der Waals surface area contributed by atoms with Crippen molar-refractivity contribution in [3.05, 3.63) is 51.9 Å². The summed E-state index contributed by atoms with van der Waals surface area (Å²) in [7, 11) is 0. The van der Waals surface area contributed by atoms with Gasteiger partial charge >= 0.3 is 0 Å². The monoisotopic (exact) mass is 428 g/mol. The highest BCUT2D eigenvalue weighted by atomic mass is 32.2. The lowest BCUT2D eigenvalue weighted by Gasteiger charge is -2.35. The Morgan fingerprint density at radius 3 is 2.76 bits per heavy atom. The average Bonchev–Trinajstić information content (AvgIpc) is 3.17. The van der Waals surface area contributed by atoms with Crippen LogP contribution < -0.4 is 5.56 Å². The topological polar surface area (TPSA) is 68.1 Å². The number of amides is 1. The van der Waals surface area contributed by atoms with E-state index in [1.54, 1.807) is 10.8 Å². The molecule has 6 nitrogen and oxygen atoms in total. The van der Waals surface area contributed by atoms with Crippen molar-refractivity contribution in [2.45, 2.75) is 32.0 Å². The molecule has 0 radical (unpaired) electrons. The van der Waals surface area contributed by atoms with E-state index >= 15 is 0 Å². The number of carbonyl (C=O) groups is 1. The summed E-state index contributed by atoms with van der Waals surface area (Å²) in [6.07, 6.45) is 2.88. The van der Waals surface area contributed by atoms with Gasteiger partial charge in [0.2, 0.25) is 5.91 Å². The van der Waals surface area contributed by atoms with Gasteiger partial charge in [-0.1, -0.05) is 31.7 Å². The molecule has 3 aromatic heterocycles. The highest BCUT2D eigenvalue weighted by Crippen LogP contribution is 2.24. The Kier molecular flexibility index (Phi) is 6.01. The summed E-state index contributed by atoms with van der Waals surface area (Å²) in [6, 6.07) is 7.50. The number of aromatic nitrogens is 3. The lowest BCUT2D eigenvalue weighted by Crippen LogP contribution is -2.43. The van der Waals surface area contributed by atoms with Crippen molar-refractivity contribution in [1.82, 2.24) is 19.4 Å². The van der Waals surface area contributed by atoms with Crippen LogP contribution in [0, 0.1) is 11.8 Å². The normalized spacial score (nSPS) is 19.6. The van der Waals surface area contributed by atoms with Crippen LogP contribution in [0.15, 0.2) is 45.8 Å². The van der Waals surface area contributed by atoms with E-state index < -0.39 is 0 Å². The number of fused-ring (bicyclic) bond motifs is 1. The lowest BCUT2D eigenvalue weighted by molar-refractivity contribution is -0.130. The smallest absolute Gasteiger partial charge is 0.272 e. The highest BCUT2D eigenvalue weighted by molar-refractivity contribution is 7.99. The van der Waals surface area contributed by atoms with Gasteiger partial charge in [0.05, 0.1) is 23.5 Å². The summed E-state index contributed by atoms with van der Waals surface area (Å²) in [6.45, 7) is 6.34. The largest absolute Gasteiger partial charge is 0.341 e. The quantitative estimate of drug-likeness (QED) is 0.460. The number of likely N-dealkylation sites (tertiary alicyclic amines) is 1. The molecular formula is C21H24N4O2S2. The molecule has 1 saturated heterocycles. The fourth-order valence-corrected chi connectivity index (χ4v) is 5.59. The number of hydrogen-bond donors (Lipinski definition) is 0. The molecule has 4 heterocycles. The Balaban J connectivity index is 1.58. The van der Waals surface area contributed by atoms with Crippen molar-refractivity contribution >= 4 is 39.2 Å². The lowest BCUT2D eigenvalue weighted by atomic mass is 9.92. The first kappa shape index (κ1) is 20.1. The van der Waals surface area contributed by atoms with Gasteiger partial charge in [0.15, 0.2) is 5.16 Å². The van der Waals surface area contributed by atoms with Crippen LogP contribution in [0.1, 0.15) is 26.0 Å². The van der Waals surface area contributed by atoms with Crippen LogP contribution in [-0.2, 0) is 11.3 Å². The van der Waals surface area contributed by atoms with Gasteiger partial charge < -0.3 is 4.90 Å². The maximum atomic E-state index is 13.0. The molecule has 0 unspecified atom stereocenters.